The van der Waals surface area contributed by atoms with Crippen LogP contribution >= 0.6 is 0 Å². The number of nitrogens with one attached hydrogen (secondary N) is 1. The fraction of sp³-hybridized carbons (Fsp3) is 0.344. The molecule has 1 amide bonds. The van der Waals surface area contributed by atoms with Crippen LogP contribution in [0.3, 0.4) is 0 Å². The average Bonchev–Trinajstić information content (AvgIpc) is 2.97. The summed E-state index contributed by atoms with van der Waals surface area (Å²) < 4.78 is 44.7. The zero-order chi connectivity index (χ0) is 30.3. The molecule has 1 unspecified atom stereocenters. The molecule has 1 N–H and O–H groups in total. The zero-order valence-corrected chi connectivity index (χ0v) is 23.7. The Morgan fingerprint density at radius 2 is 1.62 bits per heavy atom. The van der Waals surface area contributed by atoms with Gasteiger partial charge in [-0.25, -0.2) is 9.97 Å². The van der Waals surface area contributed by atoms with Crippen LogP contribution in [-0.2, 0) is 22.1 Å². The number of ether oxygens (including phenoxy) is 1. The number of benzene rings is 2. The van der Waals surface area contributed by atoms with Crippen molar-refractivity contribution < 1.29 is 27.5 Å². The molecule has 0 radical (unpaired) electrons. The van der Waals surface area contributed by atoms with Crippen molar-refractivity contribution in [1.29, 1.82) is 0 Å². The van der Waals surface area contributed by atoms with E-state index in [0.717, 1.165) is 17.7 Å². The predicted molar refractivity (Wildman–Crippen MR) is 153 cm³/mol. The molecule has 2 aromatic heterocycles. The van der Waals surface area contributed by atoms with Crippen LogP contribution in [0.25, 0.3) is 22.3 Å². The Labute approximate surface area is 242 Å². The van der Waals surface area contributed by atoms with Gasteiger partial charge in [-0.1, -0.05) is 26.0 Å². The number of pyridine rings is 1. The third-order valence-corrected chi connectivity index (χ3v) is 6.66. The fourth-order valence-electron chi connectivity index (χ4n) is 4.36. The van der Waals surface area contributed by atoms with Crippen molar-refractivity contribution in [2.24, 2.45) is 5.92 Å². The van der Waals surface area contributed by atoms with Crippen LogP contribution in [0.2, 0.25) is 0 Å². The number of aryl methyl sites for hydroxylation is 1. The summed E-state index contributed by atoms with van der Waals surface area (Å²) in [6.45, 7) is 6.17. The number of rotatable bonds is 11. The Balaban J connectivity index is 1.58. The van der Waals surface area contributed by atoms with Crippen molar-refractivity contribution in [2.75, 3.05) is 6.61 Å². The summed E-state index contributed by atoms with van der Waals surface area (Å²) in [5.74, 6) is -0.303. The molecule has 42 heavy (non-hydrogen) atoms. The molecule has 0 saturated heterocycles. The molecule has 4 rings (SSSR count). The first kappa shape index (κ1) is 30.6. The van der Waals surface area contributed by atoms with E-state index in [0.29, 0.717) is 59.4 Å². The molecule has 220 valence electrons. The van der Waals surface area contributed by atoms with E-state index in [9.17, 15) is 22.8 Å². The highest BCUT2D eigenvalue weighted by molar-refractivity contribution is 5.97. The second-order valence-corrected chi connectivity index (χ2v) is 10.6. The lowest BCUT2D eigenvalue weighted by Gasteiger charge is -2.15. The first-order chi connectivity index (χ1) is 20.0. The summed E-state index contributed by atoms with van der Waals surface area (Å²) in [7, 11) is 0. The molecule has 0 aliphatic heterocycles. The SMILES string of the molecule is CC(C)COC(=O)CCCCc1nc2cc(C(=O)NC(C)c3ccncc3)ccc2nc1-c1ccc(C(F)(F)F)cc1. The molecule has 2 aromatic carbocycles. The number of hydrogen-bond acceptors (Lipinski definition) is 6. The van der Waals surface area contributed by atoms with Gasteiger partial charge < -0.3 is 10.1 Å². The predicted octanol–water partition coefficient (Wildman–Crippen LogP) is 7.11. The second kappa shape index (κ2) is 13.5. The number of hydrogen-bond donors (Lipinski definition) is 1. The first-order valence-electron chi connectivity index (χ1n) is 13.9. The Hall–Kier alpha value is -4.34. The maximum Gasteiger partial charge on any atom is 0.416 e. The molecule has 0 saturated carbocycles. The molecule has 2 heterocycles. The minimum Gasteiger partial charge on any atom is -0.465 e. The monoisotopic (exact) mass is 578 g/mol. The molecule has 0 fully saturated rings. The number of fused-ring (bicyclic) bond motifs is 1. The number of aromatic nitrogens is 3. The number of alkyl halides is 3. The highest BCUT2D eigenvalue weighted by Gasteiger charge is 2.30. The van der Waals surface area contributed by atoms with Gasteiger partial charge in [0.1, 0.15) is 0 Å². The van der Waals surface area contributed by atoms with Gasteiger partial charge >= 0.3 is 12.1 Å². The third-order valence-electron chi connectivity index (χ3n) is 6.66. The van der Waals surface area contributed by atoms with Gasteiger partial charge in [0, 0.05) is 29.9 Å². The normalized spacial score (nSPS) is 12.4. The van der Waals surface area contributed by atoms with Gasteiger partial charge in [-0.2, -0.15) is 13.2 Å². The van der Waals surface area contributed by atoms with E-state index in [4.69, 9.17) is 14.7 Å². The quantitative estimate of drug-likeness (QED) is 0.151. The molecular formula is C32H33F3N4O3. The van der Waals surface area contributed by atoms with E-state index in [-0.39, 0.29) is 30.3 Å². The zero-order valence-electron chi connectivity index (χ0n) is 23.7. The minimum absolute atomic E-state index is 0.243. The summed E-state index contributed by atoms with van der Waals surface area (Å²) in [5.41, 5.74) is 3.08. The fourth-order valence-corrected chi connectivity index (χ4v) is 4.36. The summed E-state index contributed by atoms with van der Waals surface area (Å²) in [4.78, 5) is 38.6. The van der Waals surface area contributed by atoms with E-state index < -0.39 is 11.7 Å². The van der Waals surface area contributed by atoms with E-state index in [2.05, 4.69) is 10.3 Å². The molecule has 10 heteroatoms. The van der Waals surface area contributed by atoms with Crippen molar-refractivity contribution in [2.45, 2.75) is 58.7 Å². The van der Waals surface area contributed by atoms with E-state index in [1.807, 2.05) is 32.9 Å². The first-order valence-corrected chi connectivity index (χ1v) is 13.9. The van der Waals surface area contributed by atoms with Crippen LogP contribution in [0, 0.1) is 5.92 Å². The molecule has 7 nitrogen and oxygen atoms in total. The molecular weight excluding hydrogens is 545 g/mol. The number of carbonyl (C=O) groups excluding carboxylic acids is 2. The van der Waals surface area contributed by atoms with Gasteiger partial charge in [0.15, 0.2) is 0 Å². The van der Waals surface area contributed by atoms with Crippen LogP contribution in [0.15, 0.2) is 67.0 Å². The lowest BCUT2D eigenvalue weighted by atomic mass is 10.0. The van der Waals surface area contributed by atoms with Crippen LogP contribution in [0.4, 0.5) is 13.2 Å². The lowest BCUT2D eigenvalue weighted by Crippen LogP contribution is -2.26. The van der Waals surface area contributed by atoms with Gasteiger partial charge in [0.25, 0.3) is 5.91 Å². The summed E-state index contributed by atoms with van der Waals surface area (Å²) in [6, 6.07) is 13.2. The number of halogens is 3. The smallest absolute Gasteiger partial charge is 0.416 e. The average molecular weight is 579 g/mol. The van der Waals surface area contributed by atoms with E-state index in [1.54, 1.807) is 30.6 Å². The molecule has 0 bridgehead atoms. The third kappa shape index (κ3) is 8.11. The number of esters is 1. The van der Waals surface area contributed by atoms with E-state index in [1.165, 1.54) is 12.1 Å². The van der Waals surface area contributed by atoms with Crippen molar-refractivity contribution >= 4 is 22.9 Å². The van der Waals surface area contributed by atoms with Crippen molar-refractivity contribution in [3.05, 3.63) is 89.4 Å². The van der Waals surface area contributed by atoms with Gasteiger partial charge in [0.05, 0.1) is 40.6 Å². The molecule has 0 aliphatic rings. The van der Waals surface area contributed by atoms with Gasteiger partial charge in [-0.15, -0.1) is 0 Å². The lowest BCUT2D eigenvalue weighted by molar-refractivity contribution is -0.144. The van der Waals surface area contributed by atoms with Crippen LogP contribution < -0.4 is 5.32 Å². The maximum absolute atomic E-state index is 13.2. The summed E-state index contributed by atoms with van der Waals surface area (Å²) >= 11 is 0. The van der Waals surface area contributed by atoms with Gasteiger partial charge in [-0.05, 0) is 80.1 Å². The molecule has 4 aromatic rings. The summed E-state index contributed by atoms with van der Waals surface area (Å²) in [5, 5.41) is 2.97. The van der Waals surface area contributed by atoms with Crippen LogP contribution in [0.5, 0.6) is 0 Å². The topological polar surface area (TPSA) is 94.1 Å². The second-order valence-electron chi connectivity index (χ2n) is 10.6. The van der Waals surface area contributed by atoms with E-state index >= 15 is 0 Å². The van der Waals surface area contributed by atoms with Crippen molar-refractivity contribution in [3.63, 3.8) is 0 Å². The van der Waals surface area contributed by atoms with Crippen LogP contribution in [0.1, 0.15) is 73.3 Å². The number of carbonyl (C=O) groups is 2. The van der Waals surface area contributed by atoms with Crippen molar-refractivity contribution in [1.82, 2.24) is 20.3 Å². The Morgan fingerprint density at radius 3 is 2.29 bits per heavy atom. The number of unbranched alkanes of at least 4 members (excludes halogenated alkanes) is 1. The standard InChI is InChI=1S/C32H33F3N4O3/c1-20(2)19-42-29(40)7-5-4-6-27-30(23-8-11-25(12-9-23)32(33,34)35)39-26-13-10-24(18-28(26)38-27)31(41)37-21(3)22-14-16-36-17-15-22/h8-18,20-21H,4-7,19H2,1-3H3,(H,37,41). The Morgan fingerprint density at radius 1 is 0.905 bits per heavy atom. The Bertz CT molecular complexity index is 1520. The maximum atomic E-state index is 13.2. The molecule has 0 spiro atoms. The summed E-state index contributed by atoms with van der Waals surface area (Å²) in [6.07, 6.45) is 0.705. The molecule has 0 aliphatic carbocycles. The number of nitrogens with zero attached hydrogens (tertiary/aromatic N) is 3. The van der Waals surface area contributed by atoms with Crippen molar-refractivity contribution in [3.8, 4) is 11.3 Å². The highest BCUT2D eigenvalue weighted by atomic mass is 19.4. The minimum atomic E-state index is -4.45. The van der Waals surface area contributed by atoms with Gasteiger partial charge in [0.2, 0.25) is 0 Å². The van der Waals surface area contributed by atoms with Gasteiger partial charge in [-0.3, -0.25) is 14.6 Å². The number of amides is 1. The van der Waals surface area contributed by atoms with Crippen LogP contribution in [-0.4, -0.2) is 33.4 Å². The highest BCUT2D eigenvalue weighted by Crippen LogP contribution is 2.32. The largest absolute Gasteiger partial charge is 0.465 e. The Kier molecular flexibility index (Phi) is 9.88. The molecule has 1 atom stereocenters.